The molecule has 2 aromatic heterocycles. The molecule has 0 unspecified atom stereocenters. The van der Waals surface area contributed by atoms with Gasteiger partial charge in [0.05, 0.1) is 12.2 Å². The molecule has 0 atom stereocenters. The van der Waals surface area contributed by atoms with Crippen molar-refractivity contribution in [3.05, 3.63) is 46.6 Å². The summed E-state index contributed by atoms with van der Waals surface area (Å²) in [5, 5.41) is 8.85. The minimum absolute atomic E-state index is 0.0421. The van der Waals surface area contributed by atoms with Gasteiger partial charge in [-0.3, -0.25) is 9.48 Å². The van der Waals surface area contributed by atoms with E-state index in [2.05, 4.69) is 15.1 Å². The maximum atomic E-state index is 12.1. The van der Waals surface area contributed by atoms with E-state index in [-0.39, 0.29) is 5.56 Å². The number of rotatable bonds is 6. The Morgan fingerprint density at radius 2 is 1.92 bits per heavy atom. The fourth-order valence-corrected chi connectivity index (χ4v) is 3.51. The molecule has 0 N–H and O–H groups in total. The van der Waals surface area contributed by atoms with Crippen LogP contribution in [0.1, 0.15) is 37.3 Å². The lowest BCUT2D eigenvalue weighted by Gasteiger charge is -2.31. The molecular formula is C18H25N5O. The number of likely N-dealkylation sites (tertiary alicyclic amines) is 1. The lowest BCUT2D eigenvalue weighted by Crippen LogP contribution is -2.38. The smallest absolute Gasteiger partial charge is 0.266 e. The van der Waals surface area contributed by atoms with Gasteiger partial charge < -0.3 is 4.90 Å². The number of hydrogen-bond acceptors (Lipinski definition) is 4. The van der Waals surface area contributed by atoms with E-state index in [4.69, 9.17) is 0 Å². The fraction of sp³-hybridized carbons (Fsp3) is 0.611. The summed E-state index contributed by atoms with van der Waals surface area (Å²) in [6, 6.07) is 5.57. The lowest BCUT2D eigenvalue weighted by molar-refractivity contribution is 0.163. The zero-order valence-electron chi connectivity index (χ0n) is 14.0. The van der Waals surface area contributed by atoms with E-state index in [0.717, 1.165) is 51.3 Å². The maximum Gasteiger partial charge on any atom is 0.266 e. The van der Waals surface area contributed by atoms with Crippen LogP contribution < -0.4 is 5.56 Å². The summed E-state index contributed by atoms with van der Waals surface area (Å²) in [5.41, 5.74) is 1.15. The van der Waals surface area contributed by atoms with Crippen LogP contribution in [0.2, 0.25) is 0 Å². The molecule has 1 saturated carbocycles. The summed E-state index contributed by atoms with van der Waals surface area (Å²) >= 11 is 0. The molecule has 2 aromatic rings. The van der Waals surface area contributed by atoms with Crippen molar-refractivity contribution in [2.75, 3.05) is 19.6 Å². The molecule has 128 valence electrons. The molecule has 1 aliphatic heterocycles. The van der Waals surface area contributed by atoms with Crippen molar-refractivity contribution < 1.29 is 0 Å². The number of piperidine rings is 1. The molecule has 3 heterocycles. The summed E-state index contributed by atoms with van der Waals surface area (Å²) in [7, 11) is 0. The van der Waals surface area contributed by atoms with Gasteiger partial charge in [-0.2, -0.15) is 10.2 Å². The van der Waals surface area contributed by atoms with Crippen LogP contribution in [0.15, 0.2) is 35.4 Å². The largest absolute Gasteiger partial charge is 0.301 e. The Morgan fingerprint density at radius 1 is 1.08 bits per heavy atom. The Hall–Kier alpha value is -1.95. The van der Waals surface area contributed by atoms with Crippen molar-refractivity contribution in [1.29, 1.82) is 0 Å². The molecule has 4 rings (SSSR count). The van der Waals surface area contributed by atoms with Gasteiger partial charge in [-0.15, -0.1) is 0 Å². The molecule has 0 bridgehead atoms. The monoisotopic (exact) mass is 327 g/mol. The van der Waals surface area contributed by atoms with Crippen LogP contribution in [0.4, 0.5) is 0 Å². The minimum Gasteiger partial charge on any atom is -0.301 e. The van der Waals surface area contributed by atoms with Gasteiger partial charge in [-0.05, 0) is 56.8 Å². The highest BCUT2D eigenvalue weighted by Crippen LogP contribution is 2.38. The molecule has 1 saturated heterocycles. The second kappa shape index (κ2) is 6.89. The third-order valence-corrected chi connectivity index (χ3v) is 5.23. The van der Waals surface area contributed by atoms with E-state index in [9.17, 15) is 4.79 Å². The predicted octanol–water partition coefficient (Wildman–Crippen LogP) is 1.73. The van der Waals surface area contributed by atoms with Crippen molar-refractivity contribution in [3.63, 3.8) is 0 Å². The van der Waals surface area contributed by atoms with Crippen LogP contribution in [-0.4, -0.2) is 44.1 Å². The highest BCUT2D eigenvalue weighted by Gasteiger charge is 2.26. The molecule has 6 heteroatoms. The van der Waals surface area contributed by atoms with E-state index >= 15 is 0 Å². The quantitative estimate of drug-likeness (QED) is 0.811. The van der Waals surface area contributed by atoms with Gasteiger partial charge >= 0.3 is 0 Å². The minimum atomic E-state index is 0.0421. The number of nitrogens with zero attached hydrogens (tertiary/aromatic N) is 5. The summed E-state index contributed by atoms with van der Waals surface area (Å²) in [4.78, 5) is 14.6. The van der Waals surface area contributed by atoms with E-state index < -0.39 is 0 Å². The summed E-state index contributed by atoms with van der Waals surface area (Å²) in [6.45, 7) is 4.96. The van der Waals surface area contributed by atoms with Gasteiger partial charge in [0.1, 0.15) is 0 Å². The SMILES string of the molecule is O=c1ccc(C2CC2)nn1CC1CCN(CCn2cccn2)CC1. The summed E-state index contributed by atoms with van der Waals surface area (Å²) < 4.78 is 3.69. The Bertz CT molecular complexity index is 711. The van der Waals surface area contributed by atoms with Crippen molar-refractivity contribution in [2.24, 2.45) is 5.92 Å². The number of hydrogen-bond donors (Lipinski definition) is 0. The van der Waals surface area contributed by atoms with Crippen LogP contribution in [-0.2, 0) is 13.1 Å². The standard InChI is InChI=1S/C18H25N5O/c24-18-5-4-17(16-2-3-16)20-23(18)14-15-6-10-21(11-7-15)12-13-22-9-1-8-19-22/h1,4-5,8-9,15-16H,2-3,6-7,10-14H2. The normalized spacial score (nSPS) is 19.7. The Balaban J connectivity index is 1.28. The molecular weight excluding hydrogens is 302 g/mol. The molecule has 0 radical (unpaired) electrons. The van der Waals surface area contributed by atoms with Crippen molar-refractivity contribution >= 4 is 0 Å². The average Bonchev–Trinajstić information content (AvgIpc) is 3.32. The van der Waals surface area contributed by atoms with Gasteiger partial charge in [0, 0.05) is 37.5 Å². The van der Waals surface area contributed by atoms with E-state index in [1.807, 2.05) is 29.2 Å². The third kappa shape index (κ3) is 3.75. The fourth-order valence-electron chi connectivity index (χ4n) is 3.51. The van der Waals surface area contributed by atoms with Gasteiger partial charge in [-0.25, -0.2) is 4.68 Å². The Kier molecular flexibility index (Phi) is 4.47. The van der Waals surface area contributed by atoms with Gasteiger partial charge in [-0.1, -0.05) is 0 Å². The summed E-state index contributed by atoms with van der Waals surface area (Å²) in [6.07, 6.45) is 8.56. The Labute approximate surface area is 142 Å². The second-order valence-electron chi connectivity index (χ2n) is 7.11. The topological polar surface area (TPSA) is 56.0 Å². The first-order valence-electron chi connectivity index (χ1n) is 9.06. The van der Waals surface area contributed by atoms with E-state index in [1.165, 1.54) is 12.8 Å². The van der Waals surface area contributed by atoms with Gasteiger partial charge in [0.2, 0.25) is 0 Å². The highest BCUT2D eigenvalue weighted by atomic mass is 16.1. The first-order chi connectivity index (χ1) is 11.8. The molecule has 2 fully saturated rings. The maximum absolute atomic E-state index is 12.1. The molecule has 6 nitrogen and oxygen atoms in total. The zero-order chi connectivity index (χ0) is 16.4. The molecule has 1 aliphatic carbocycles. The second-order valence-corrected chi connectivity index (χ2v) is 7.11. The first-order valence-corrected chi connectivity index (χ1v) is 9.06. The van der Waals surface area contributed by atoms with Crippen molar-refractivity contribution in [3.8, 4) is 0 Å². The molecule has 0 aromatic carbocycles. The zero-order valence-corrected chi connectivity index (χ0v) is 14.0. The molecule has 0 amide bonds. The highest BCUT2D eigenvalue weighted by molar-refractivity contribution is 5.12. The number of aromatic nitrogens is 4. The van der Waals surface area contributed by atoms with Crippen LogP contribution in [0.5, 0.6) is 0 Å². The molecule has 0 spiro atoms. The van der Waals surface area contributed by atoms with Crippen LogP contribution >= 0.6 is 0 Å². The average molecular weight is 327 g/mol. The van der Waals surface area contributed by atoms with Crippen molar-refractivity contribution in [2.45, 2.75) is 44.7 Å². The van der Waals surface area contributed by atoms with E-state index in [1.54, 1.807) is 10.7 Å². The lowest BCUT2D eigenvalue weighted by atomic mass is 9.97. The predicted molar refractivity (Wildman–Crippen MR) is 91.9 cm³/mol. The first kappa shape index (κ1) is 15.6. The van der Waals surface area contributed by atoms with Gasteiger partial charge in [0.25, 0.3) is 5.56 Å². The van der Waals surface area contributed by atoms with Crippen LogP contribution in [0.3, 0.4) is 0 Å². The van der Waals surface area contributed by atoms with E-state index in [0.29, 0.717) is 11.8 Å². The van der Waals surface area contributed by atoms with Crippen LogP contribution in [0, 0.1) is 5.92 Å². The summed E-state index contributed by atoms with van der Waals surface area (Å²) in [5.74, 6) is 1.16. The third-order valence-electron chi connectivity index (χ3n) is 5.23. The van der Waals surface area contributed by atoms with Crippen LogP contribution in [0.25, 0.3) is 0 Å². The van der Waals surface area contributed by atoms with Gasteiger partial charge in [0.15, 0.2) is 0 Å². The molecule has 2 aliphatic rings. The Morgan fingerprint density at radius 3 is 2.62 bits per heavy atom. The molecule has 24 heavy (non-hydrogen) atoms. The van der Waals surface area contributed by atoms with Crippen molar-refractivity contribution in [1.82, 2.24) is 24.5 Å².